The molecular weight excluding hydrogens is 336 g/mol. The second kappa shape index (κ2) is 5.71. The zero-order chi connectivity index (χ0) is 22.1. The van der Waals surface area contributed by atoms with Crippen molar-refractivity contribution < 1.29 is 9.90 Å². The van der Waals surface area contributed by atoms with Gasteiger partial charge in [-0.2, -0.15) is 0 Å². The average molecular weight is 362 g/mol. The van der Waals surface area contributed by atoms with Crippen molar-refractivity contribution in [3.8, 4) is 0 Å². The lowest BCUT2D eigenvalue weighted by atomic mass is 10.1. The molecule has 0 N–H and O–H groups in total. The minimum absolute atomic E-state index is 0.371. The Bertz CT molecular complexity index is 1310. The van der Waals surface area contributed by atoms with Gasteiger partial charge in [-0.1, -0.05) is 30.3 Å². The van der Waals surface area contributed by atoms with Gasteiger partial charge in [-0.3, -0.25) is 4.90 Å². The van der Waals surface area contributed by atoms with E-state index >= 15 is 0 Å². The van der Waals surface area contributed by atoms with Gasteiger partial charge in [-0.25, -0.2) is 9.97 Å². The third-order valence-corrected chi connectivity index (χ3v) is 5.19. The summed E-state index contributed by atoms with van der Waals surface area (Å²) in [5, 5.41) is 1.98. The van der Waals surface area contributed by atoms with Crippen molar-refractivity contribution in [1.29, 1.82) is 0 Å². The molecule has 1 aliphatic rings. The van der Waals surface area contributed by atoms with E-state index in [-0.39, 0.29) is 0 Å². The van der Waals surface area contributed by atoms with E-state index in [1.165, 1.54) is 18.0 Å². The van der Waals surface area contributed by atoms with Gasteiger partial charge >= 0.3 is 0 Å². The number of aromatic nitrogens is 2. The average Bonchev–Trinajstić information content (AvgIpc) is 3.22. The molecule has 1 aliphatic heterocycles. The molecule has 2 aromatic carbocycles. The molecule has 5 heteroatoms. The van der Waals surface area contributed by atoms with Crippen molar-refractivity contribution in [2.75, 3.05) is 9.80 Å². The van der Waals surface area contributed by atoms with Crippen LogP contribution in [-0.4, -0.2) is 22.2 Å². The van der Waals surface area contributed by atoms with Crippen molar-refractivity contribution in [3.63, 3.8) is 0 Å². The highest BCUT2D eigenvalue weighted by Crippen LogP contribution is 2.47. The fraction of sp³-hybridized carbons (Fsp3) is 0.273. The first-order chi connectivity index (χ1) is 14.6. The predicted octanol–water partition coefficient (Wildman–Crippen LogP) is 5.40. The monoisotopic (exact) mass is 362 g/mol. The van der Waals surface area contributed by atoms with E-state index in [4.69, 9.17) is 9.90 Å². The lowest BCUT2D eigenvalue weighted by Gasteiger charge is -2.32. The Labute approximate surface area is 163 Å². The second-order valence-corrected chi connectivity index (χ2v) is 6.87. The molecular formula is C22H22N4O. The molecule has 0 saturated heterocycles. The molecule has 0 spiro atoms. The number of furan rings is 1. The Morgan fingerprint density at radius 3 is 2.70 bits per heavy atom. The summed E-state index contributed by atoms with van der Waals surface area (Å²) in [6.45, 7) is 2.69. The normalized spacial score (nSPS) is 21.5. The Morgan fingerprint density at radius 1 is 1.11 bits per heavy atom. The number of hydrogen-bond donors (Lipinski definition) is 0. The van der Waals surface area contributed by atoms with Crippen LogP contribution in [0.15, 0.2) is 53.2 Å². The van der Waals surface area contributed by atoms with E-state index in [0.29, 0.717) is 17.2 Å². The molecule has 0 fully saturated rings. The Morgan fingerprint density at radius 2 is 1.89 bits per heavy atom. The summed E-state index contributed by atoms with van der Waals surface area (Å²) in [5.74, 6) is 0.880. The molecule has 136 valence electrons. The molecule has 5 nitrogen and oxygen atoms in total. The maximum absolute atomic E-state index is 8.74. The predicted molar refractivity (Wildman–Crippen MR) is 110 cm³/mol. The molecule has 0 saturated carbocycles. The van der Waals surface area contributed by atoms with E-state index in [9.17, 15) is 0 Å². The maximum Gasteiger partial charge on any atom is 0.178 e. The minimum Gasteiger partial charge on any atom is -0.454 e. The zero-order valence-corrected chi connectivity index (χ0v) is 15.4. The number of aryl methyl sites for hydroxylation is 1. The van der Waals surface area contributed by atoms with Gasteiger partial charge in [0.15, 0.2) is 17.2 Å². The number of rotatable bonds is 2. The van der Waals surface area contributed by atoms with Crippen LogP contribution < -0.4 is 9.80 Å². The fourth-order valence-electron chi connectivity index (χ4n) is 4.04. The van der Waals surface area contributed by atoms with Gasteiger partial charge in [0, 0.05) is 33.3 Å². The summed E-state index contributed by atoms with van der Waals surface area (Å²) in [6, 6.07) is 10.0. The van der Waals surface area contributed by atoms with Crippen LogP contribution in [0.3, 0.4) is 0 Å². The minimum atomic E-state index is -2.55. The first-order valence-electron chi connectivity index (χ1n) is 10.9. The summed E-state index contributed by atoms with van der Waals surface area (Å²) in [5.41, 5.74) is 3.23. The number of fused-ring (bicyclic) bond motifs is 4. The highest BCUT2D eigenvalue weighted by atomic mass is 16.3. The molecule has 2 atom stereocenters. The largest absolute Gasteiger partial charge is 0.454 e. The van der Waals surface area contributed by atoms with Crippen LogP contribution in [0.4, 0.5) is 17.3 Å². The molecule has 5 rings (SSSR count). The van der Waals surface area contributed by atoms with Gasteiger partial charge in [0.2, 0.25) is 0 Å². The smallest absolute Gasteiger partial charge is 0.178 e. The lowest BCUT2D eigenvalue weighted by Crippen LogP contribution is -2.42. The van der Waals surface area contributed by atoms with Crippen LogP contribution in [0, 0.1) is 6.92 Å². The number of nitrogens with zero attached hydrogens (tertiary/aromatic N) is 4. The molecule has 0 amide bonds. The van der Waals surface area contributed by atoms with Crippen LogP contribution in [0.5, 0.6) is 0 Å². The zero-order valence-electron chi connectivity index (χ0n) is 19.4. The van der Waals surface area contributed by atoms with Crippen molar-refractivity contribution in [2.45, 2.75) is 39.8 Å². The van der Waals surface area contributed by atoms with Crippen LogP contribution >= 0.6 is 0 Å². The Balaban J connectivity index is 1.79. The standard InChI is InChI=1S/C22H22N4O/c1-13(2)25-15(4)26(22-21(25)23-11-12-24-22)19-14(3)9-10-17-16-7-5-6-8-18(16)27-20(17)19/h5-13,15H,1-4H3/t15-/m0/s1/i1D3,13D/t13?,15-. The van der Waals surface area contributed by atoms with E-state index < -0.39 is 19.0 Å². The van der Waals surface area contributed by atoms with Gasteiger partial charge in [-0.15, -0.1) is 0 Å². The van der Waals surface area contributed by atoms with E-state index in [1.54, 1.807) is 6.20 Å². The van der Waals surface area contributed by atoms with Gasteiger partial charge in [-0.05, 0) is 39.3 Å². The summed E-state index contributed by atoms with van der Waals surface area (Å²) >= 11 is 0. The first-order valence-corrected chi connectivity index (χ1v) is 8.93. The molecule has 27 heavy (non-hydrogen) atoms. The van der Waals surface area contributed by atoms with Crippen molar-refractivity contribution in [2.24, 2.45) is 0 Å². The van der Waals surface area contributed by atoms with Gasteiger partial charge in [0.05, 0.1) is 7.06 Å². The van der Waals surface area contributed by atoms with Gasteiger partial charge in [0.25, 0.3) is 0 Å². The van der Waals surface area contributed by atoms with Crippen LogP contribution in [0.25, 0.3) is 21.9 Å². The van der Waals surface area contributed by atoms with E-state index in [0.717, 1.165) is 27.6 Å². The third kappa shape index (κ3) is 2.17. The summed E-state index contributed by atoms with van der Waals surface area (Å²) < 4.78 is 38.9. The van der Waals surface area contributed by atoms with Crippen molar-refractivity contribution in [3.05, 3.63) is 54.4 Å². The fourth-order valence-corrected chi connectivity index (χ4v) is 4.04. The highest BCUT2D eigenvalue weighted by molar-refractivity contribution is 6.10. The van der Waals surface area contributed by atoms with Crippen molar-refractivity contribution >= 4 is 39.3 Å². The quantitative estimate of drug-likeness (QED) is 0.478. The van der Waals surface area contributed by atoms with E-state index in [2.05, 4.69) is 9.97 Å². The van der Waals surface area contributed by atoms with Gasteiger partial charge < -0.3 is 9.32 Å². The Kier molecular flexibility index (Phi) is 2.61. The first kappa shape index (κ1) is 12.3. The highest BCUT2D eigenvalue weighted by Gasteiger charge is 2.39. The third-order valence-electron chi connectivity index (χ3n) is 5.19. The molecule has 4 aromatic rings. The second-order valence-electron chi connectivity index (χ2n) is 6.87. The molecule has 0 bridgehead atoms. The van der Waals surface area contributed by atoms with Gasteiger partial charge in [0.1, 0.15) is 11.7 Å². The van der Waals surface area contributed by atoms with Crippen molar-refractivity contribution in [1.82, 2.24) is 9.97 Å². The molecule has 0 radical (unpaired) electrons. The van der Waals surface area contributed by atoms with Crippen LogP contribution in [0.2, 0.25) is 0 Å². The van der Waals surface area contributed by atoms with Crippen LogP contribution in [-0.2, 0) is 0 Å². The number of benzene rings is 2. The molecule has 2 aromatic heterocycles. The topological polar surface area (TPSA) is 45.4 Å². The Hall–Kier alpha value is -3.08. The summed E-state index contributed by atoms with van der Waals surface area (Å²) in [6.07, 6.45) is 2.58. The van der Waals surface area contributed by atoms with Crippen LogP contribution in [0.1, 0.15) is 31.7 Å². The molecule has 1 unspecified atom stereocenters. The SMILES string of the molecule is [2H]C([2H])([2H])C([2H])(C)N1c2nccnc2N(c2c(C)ccc3c2oc2ccccc23)[C@H]1C. The molecule has 3 heterocycles. The summed E-state index contributed by atoms with van der Waals surface area (Å²) in [4.78, 5) is 12.4. The summed E-state index contributed by atoms with van der Waals surface area (Å²) in [7, 11) is 0. The van der Waals surface area contributed by atoms with E-state index in [1.807, 2.05) is 55.1 Å². The number of hydrogen-bond acceptors (Lipinski definition) is 5. The molecule has 0 aliphatic carbocycles. The lowest BCUT2D eigenvalue weighted by molar-refractivity contribution is 0.598. The number of para-hydroxylation sites is 1. The maximum atomic E-state index is 8.74. The number of anilines is 3.